The van der Waals surface area contributed by atoms with Crippen LogP contribution in [0.2, 0.25) is 0 Å². The maximum Gasteiger partial charge on any atom is 0.389 e. The molecule has 0 aliphatic carbocycles. The van der Waals surface area contributed by atoms with Crippen LogP contribution in [0.15, 0.2) is 24.3 Å². The average molecular weight is 304 g/mol. The largest absolute Gasteiger partial charge is 0.497 e. The molecule has 7 heteroatoms. The van der Waals surface area contributed by atoms with E-state index in [1.165, 1.54) is 7.11 Å². The molecule has 1 rings (SSSR count). The van der Waals surface area contributed by atoms with Gasteiger partial charge in [0, 0.05) is 18.2 Å². The van der Waals surface area contributed by atoms with Gasteiger partial charge in [0.1, 0.15) is 5.75 Å². The van der Waals surface area contributed by atoms with Crippen LogP contribution in [0.25, 0.3) is 0 Å². The van der Waals surface area contributed by atoms with E-state index >= 15 is 0 Å². The Kier molecular flexibility index (Phi) is 7.01. The van der Waals surface area contributed by atoms with Crippen LogP contribution in [0.5, 0.6) is 5.75 Å². The van der Waals surface area contributed by atoms with E-state index in [2.05, 4.69) is 10.6 Å². The van der Waals surface area contributed by atoms with Gasteiger partial charge in [0.15, 0.2) is 0 Å². The third-order valence-corrected chi connectivity index (χ3v) is 2.70. The minimum atomic E-state index is -4.11. The molecule has 21 heavy (non-hydrogen) atoms. The van der Waals surface area contributed by atoms with Crippen LogP contribution in [-0.4, -0.2) is 32.3 Å². The highest BCUT2D eigenvalue weighted by atomic mass is 19.4. The SMILES string of the molecule is COc1cccc(NC(=O)CNCCCCC(F)(F)F)c1. The number of unbranched alkanes of at least 4 members (excludes halogenated alkanes) is 1. The third-order valence-electron chi connectivity index (χ3n) is 2.70. The highest BCUT2D eigenvalue weighted by Crippen LogP contribution is 2.21. The average Bonchev–Trinajstić information content (AvgIpc) is 2.41. The lowest BCUT2D eigenvalue weighted by molar-refractivity contribution is -0.135. The molecular weight excluding hydrogens is 285 g/mol. The van der Waals surface area contributed by atoms with Gasteiger partial charge in [-0.2, -0.15) is 13.2 Å². The summed E-state index contributed by atoms with van der Waals surface area (Å²) in [7, 11) is 1.53. The summed E-state index contributed by atoms with van der Waals surface area (Å²) in [6, 6.07) is 6.92. The summed E-state index contributed by atoms with van der Waals surface area (Å²) in [5.74, 6) is 0.381. The topological polar surface area (TPSA) is 50.4 Å². The predicted octanol–water partition coefficient (Wildman–Crippen LogP) is 2.96. The quantitative estimate of drug-likeness (QED) is 0.726. The molecule has 0 atom stereocenters. The van der Waals surface area contributed by atoms with Crippen LogP contribution in [0, 0.1) is 0 Å². The molecule has 1 amide bonds. The molecule has 1 aromatic rings. The van der Waals surface area contributed by atoms with E-state index in [0.29, 0.717) is 24.4 Å². The van der Waals surface area contributed by atoms with Crippen molar-refractivity contribution < 1.29 is 22.7 Å². The Morgan fingerprint density at radius 3 is 2.71 bits per heavy atom. The van der Waals surface area contributed by atoms with Crippen molar-refractivity contribution in [1.29, 1.82) is 0 Å². The number of anilines is 1. The summed E-state index contributed by atoms with van der Waals surface area (Å²) in [5.41, 5.74) is 0.609. The molecule has 0 aromatic heterocycles. The van der Waals surface area contributed by atoms with Crippen molar-refractivity contribution in [1.82, 2.24) is 5.32 Å². The Morgan fingerprint density at radius 1 is 1.29 bits per heavy atom. The zero-order valence-electron chi connectivity index (χ0n) is 11.8. The third kappa shape index (κ3) is 8.19. The normalized spacial score (nSPS) is 11.2. The molecule has 2 N–H and O–H groups in total. The lowest BCUT2D eigenvalue weighted by atomic mass is 10.2. The van der Waals surface area contributed by atoms with E-state index < -0.39 is 12.6 Å². The highest BCUT2D eigenvalue weighted by molar-refractivity contribution is 5.92. The molecule has 0 aliphatic rings. The summed E-state index contributed by atoms with van der Waals surface area (Å²) in [4.78, 5) is 11.6. The molecule has 0 radical (unpaired) electrons. The number of alkyl halides is 3. The van der Waals surface area contributed by atoms with Gasteiger partial charge in [0.2, 0.25) is 5.91 Å². The number of rotatable bonds is 8. The van der Waals surface area contributed by atoms with Crippen LogP contribution in [0.4, 0.5) is 18.9 Å². The van der Waals surface area contributed by atoms with E-state index in [1.54, 1.807) is 24.3 Å². The van der Waals surface area contributed by atoms with E-state index in [1.807, 2.05) is 0 Å². The van der Waals surface area contributed by atoms with Crippen LogP contribution in [0.1, 0.15) is 19.3 Å². The smallest absolute Gasteiger partial charge is 0.389 e. The zero-order chi connectivity index (χ0) is 15.7. The summed E-state index contributed by atoms with van der Waals surface area (Å²) >= 11 is 0. The van der Waals surface area contributed by atoms with Crippen molar-refractivity contribution in [2.45, 2.75) is 25.4 Å². The van der Waals surface area contributed by atoms with Crippen molar-refractivity contribution in [3.63, 3.8) is 0 Å². The molecular formula is C14H19F3N2O2. The van der Waals surface area contributed by atoms with Crippen LogP contribution < -0.4 is 15.4 Å². The van der Waals surface area contributed by atoms with E-state index in [-0.39, 0.29) is 18.9 Å². The van der Waals surface area contributed by atoms with Crippen LogP contribution in [-0.2, 0) is 4.79 Å². The summed E-state index contributed by atoms with van der Waals surface area (Å²) in [6.45, 7) is 0.435. The number of carbonyl (C=O) groups is 1. The number of amides is 1. The molecule has 0 heterocycles. The van der Waals surface area contributed by atoms with Gasteiger partial charge in [0.25, 0.3) is 0 Å². The summed E-state index contributed by atoms with van der Waals surface area (Å²) < 4.78 is 40.7. The molecule has 0 fully saturated rings. The van der Waals surface area contributed by atoms with Crippen molar-refractivity contribution in [2.24, 2.45) is 0 Å². The molecule has 0 saturated carbocycles. The van der Waals surface area contributed by atoms with Crippen molar-refractivity contribution in [3.05, 3.63) is 24.3 Å². The fraction of sp³-hybridized carbons (Fsp3) is 0.500. The lowest BCUT2D eigenvalue weighted by Crippen LogP contribution is -2.28. The van der Waals surface area contributed by atoms with Gasteiger partial charge in [-0.3, -0.25) is 4.79 Å². The molecule has 0 bridgehead atoms. The van der Waals surface area contributed by atoms with E-state index in [4.69, 9.17) is 4.74 Å². The van der Waals surface area contributed by atoms with Gasteiger partial charge in [-0.1, -0.05) is 6.07 Å². The molecule has 0 spiro atoms. The Hall–Kier alpha value is -1.76. The number of hydrogen-bond acceptors (Lipinski definition) is 3. The Morgan fingerprint density at radius 2 is 2.05 bits per heavy atom. The second-order valence-electron chi connectivity index (χ2n) is 4.53. The van der Waals surface area contributed by atoms with Gasteiger partial charge in [-0.15, -0.1) is 0 Å². The number of nitrogens with one attached hydrogen (secondary N) is 2. The van der Waals surface area contributed by atoms with Crippen LogP contribution >= 0.6 is 0 Å². The first-order valence-electron chi connectivity index (χ1n) is 6.62. The van der Waals surface area contributed by atoms with Crippen molar-refractivity contribution in [3.8, 4) is 5.75 Å². The zero-order valence-corrected chi connectivity index (χ0v) is 11.8. The summed E-state index contributed by atoms with van der Waals surface area (Å²) in [6.07, 6.45) is -4.45. The minimum Gasteiger partial charge on any atom is -0.497 e. The molecule has 118 valence electrons. The monoisotopic (exact) mass is 304 g/mol. The highest BCUT2D eigenvalue weighted by Gasteiger charge is 2.25. The fourth-order valence-electron chi connectivity index (χ4n) is 1.68. The molecule has 4 nitrogen and oxygen atoms in total. The van der Waals surface area contributed by atoms with E-state index in [9.17, 15) is 18.0 Å². The van der Waals surface area contributed by atoms with Crippen molar-refractivity contribution >= 4 is 11.6 Å². The van der Waals surface area contributed by atoms with Gasteiger partial charge in [0.05, 0.1) is 13.7 Å². The van der Waals surface area contributed by atoms with E-state index in [0.717, 1.165) is 0 Å². The molecule has 0 aliphatic heterocycles. The molecule has 0 unspecified atom stereocenters. The number of benzene rings is 1. The van der Waals surface area contributed by atoms with Gasteiger partial charge in [-0.25, -0.2) is 0 Å². The van der Waals surface area contributed by atoms with Crippen molar-refractivity contribution in [2.75, 3.05) is 25.5 Å². The second kappa shape index (κ2) is 8.51. The van der Waals surface area contributed by atoms with Gasteiger partial charge >= 0.3 is 6.18 Å². The molecule has 1 aromatic carbocycles. The van der Waals surface area contributed by atoms with Gasteiger partial charge < -0.3 is 15.4 Å². The number of ether oxygens (including phenoxy) is 1. The fourth-order valence-corrected chi connectivity index (χ4v) is 1.68. The lowest BCUT2D eigenvalue weighted by Gasteiger charge is -2.08. The number of carbonyl (C=O) groups excluding carboxylic acids is 1. The number of methoxy groups -OCH3 is 1. The summed E-state index contributed by atoms with van der Waals surface area (Å²) in [5, 5.41) is 5.48. The maximum absolute atomic E-state index is 11.9. The first kappa shape index (κ1) is 17.3. The second-order valence-corrected chi connectivity index (χ2v) is 4.53. The van der Waals surface area contributed by atoms with Crippen LogP contribution in [0.3, 0.4) is 0 Å². The number of halogens is 3. The van der Waals surface area contributed by atoms with Gasteiger partial charge in [-0.05, 0) is 31.5 Å². The standard InChI is InChI=1S/C14H19F3N2O2/c1-21-12-6-4-5-11(9-12)19-13(20)10-18-8-3-2-7-14(15,16)17/h4-6,9,18H,2-3,7-8,10H2,1H3,(H,19,20). The first-order valence-corrected chi connectivity index (χ1v) is 6.62. The molecule has 0 saturated heterocycles. The maximum atomic E-state index is 11.9. The first-order chi connectivity index (χ1) is 9.90. The predicted molar refractivity (Wildman–Crippen MR) is 74.4 cm³/mol. The number of hydrogen-bond donors (Lipinski definition) is 2. The Labute approximate surface area is 121 Å². The Balaban J connectivity index is 2.16. The minimum absolute atomic E-state index is 0.0588. The Bertz CT molecular complexity index is 450.